The summed E-state index contributed by atoms with van der Waals surface area (Å²) in [5.74, 6) is -1.26. The minimum atomic E-state index is -0.690. The van der Waals surface area contributed by atoms with Gasteiger partial charge in [-0.05, 0) is 31.0 Å². The molecule has 0 aliphatic carbocycles. The second-order valence-corrected chi connectivity index (χ2v) is 6.34. The first-order chi connectivity index (χ1) is 13.4. The molecule has 0 aromatic heterocycles. The van der Waals surface area contributed by atoms with Gasteiger partial charge in [0.1, 0.15) is 6.61 Å². The summed E-state index contributed by atoms with van der Waals surface area (Å²) in [6, 6.07) is 10.9. The van der Waals surface area contributed by atoms with E-state index in [1.807, 2.05) is 0 Å². The van der Waals surface area contributed by atoms with E-state index in [0.717, 1.165) is 19.3 Å². The summed E-state index contributed by atoms with van der Waals surface area (Å²) in [4.78, 5) is 35.2. The maximum atomic E-state index is 12.4. The van der Waals surface area contributed by atoms with E-state index < -0.39 is 16.9 Å². The van der Waals surface area contributed by atoms with Gasteiger partial charge >= 0.3 is 11.9 Å². The molecule has 2 rings (SSSR count). The van der Waals surface area contributed by atoms with E-state index in [2.05, 4.69) is 6.92 Å². The summed E-state index contributed by atoms with van der Waals surface area (Å²) in [5.41, 5.74) is 1.22. The second-order valence-electron chi connectivity index (χ2n) is 6.34. The van der Waals surface area contributed by atoms with Crippen molar-refractivity contribution in [2.75, 3.05) is 6.61 Å². The monoisotopic (exact) mass is 385 g/mol. The summed E-state index contributed by atoms with van der Waals surface area (Å²) < 4.78 is 10.5. The molecule has 0 saturated carbocycles. The number of carbonyl (C=O) groups is 2. The molecular weight excluding hydrogens is 362 g/mol. The molecule has 28 heavy (non-hydrogen) atoms. The van der Waals surface area contributed by atoms with Crippen molar-refractivity contribution in [1.29, 1.82) is 0 Å². The van der Waals surface area contributed by atoms with E-state index >= 15 is 0 Å². The van der Waals surface area contributed by atoms with E-state index in [-0.39, 0.29) is 23.4 Å². The number of aryl methyl sites for hydroxylation is 1. The Morgan fingerprint density at radius 3 is 2.25 bits per heavy atom. The molecule has 0 saturated heterocycles. The number of ether oxygens (including phenoxy) is 2. The van der Waals surface area contributed by atoms with Gasteiger partial charge in [-0.25, -0.2) is 9.59 Å². The number of nitro groups is 1. The van der Waals surface area contributed by atoms with Crippen LogP contribution in [-0.4, -0.2) is 23.5 Å². The number of hydrogen-bond donors (Lipinski definition) is 0. The number of nitrogens with zero attached hydrogens (tertiary/aromatic N) is 1. The number of nitro benzene ring substituents is 1. The first-order valence-electron chi connectivity index (χ1n) is 9.11. The third-order valence-electron chi connectivity index (χ3n) is 4.19. The molecule has 0 aliphatic heterocycles. The maximum Gasteiger partial charge on any atom is 0.339 e. The highest BCUT2D eigenvalue weighted by molar-refractivity contribution is 6.03. The quantitative estimate of drug-likeness (QED) is 0.271. The number of hydrogen-bond acceptors (Lipinski definition) is 6. The van der Waals surface area contributed by atoms with Gasteiger partial charge in [-0.15, -0.1) is 0 Å². The largest absolute Gasteiger partial charge is 0.462 e. The van der Waals surface area contributed by atoms with E-state index in [4.69, 9.17) is 9.47 Å². The van der Waals surface area contributed by atoms with Gasteiger partial charge in [0.05, 0.1) is 22.7 Å². The number of esters is 2. The van der Waals surface area contributed by atoms with Crippen LogP contribution >= 0.6 is 0 Å². The Morgan fingerprint density at radius 1 is 1.00 bits per heavy atom. The fraction of sp³-hybridized carbons (Fsp3) is 0.333. The molecule has 7 heteroatoms. The Kier molecular flexibility index (Phi) is 7.68. The van der Waals surface area contributed by atoms with E-state index in [0.29, 0.717) is 17.7 Å². The summed E-state index contributed by atoms with van der Waals surface area (Å²) in [7, 11) is 0. The van der Waals surface area contributed by atoms with Crippen molar-refractivity contribution in [2.24, 2.45) is 0 Å². The molecule has 2 aromatic rings. The molecule has 0 atom stereocenters. The summed E-state index contributed by atoms with van der Waals surface area (Å²) in [6.07, 6.45) is 2.73. The lowest BCUT2D eigenvalue weighted by atomic mass is 10.1. The number of benzene rings is 2. The lowest BCUT2D eigenvalue weighted by Crippen LogP contribution is -2.14. The van der Waals surface area contributed by atoms with Crippen molar-refractivity contribution in [2.45, 2.75) is 39.7 Å². The number of rotatable bonds is 9. The molecule has 0 fully saturated rings. The van der Waals surface area contributed by atoms with Gasteiger partial charge in [0.15, 0.2) is 0 Å². The molecule has 0 amide bonds. The van der Waals surface area contributed by atoms with Crippen molar-refractivity contribution >= 4 is 17.6 Å². The molecule has 0 heterocycles. The van der Waals surface area contributed by atoms with E-state index in [1.165, 1.54) is 18.2 Å². The van der Waals surface area contributed by atoms with Crippen LogP contribution in [-0.2, 0) is 16.1 Å². The zero-order chi connectivity index (χ0) is 20.5. The third kappa shape index (κ3) is 5.64. The van der Waals surface area contributed by atoms with Crippen LogP contribution in [0.4, 0.5) is 5.69 Å². The van der Waals surface area contributed by atoms with Crippen LogP contribution in [0.15, 0.2) is 42.5 Å². The maximum absolute atomic E-state index is 12.4. The summed E-state index contributed by atoms with van der Waals surface area (Å²) >= 11 is 0. The molecule has 0 N–H and O–H groups in total. The number of unbranched alkanes of at least 4 members (excludes halogenated alkanes) is 2. The van der Waals surface area contributed by atoms with Crippen LogP contribution in [0.1, 0.15) is 58.0 Å². The molecule has 0 spiro atoms. The zero-order valence-electron chi connectivity index (χ0n) is 16.0. The summed E-state index contributed by atoms with van der Waals surface area (Å²) in [6.45, 7) is 3.84. The van der Waals surface area contributed by atoms with Crippen molar-refractivity contribution in [3.8, 4) is 0 Å². The van der Waals surface area contributed by atoms with Gasteiger partial charge in [-0.3, -0.25) is 10.1 Å². The Bertz CT molecular complexity index is 862. The Morgan fingerprint density at radius 2 is 1.64 bits per heavy atom. The lowest BCUT2D eigenvalue weighted by molar-refractivity contribution is -0.385. The fourth-order valence-electron chi connectivity index (χ4n) is 2.60. The van der Waals surface area contributed by atoms with Crippen molar-refractivity contribution < 1.29 is 24.0 Å². The van der Waals surface area contributed by atoms with Gasteiger partial charge < -0.3 is 9.47 Å². The van der Waals surface area contributed by atoms with Crippen LogP contribution in [0.2, 0.25) is 0 Å². The first-order valence-corrected chi connectivity index (χ1v) is 9.11. The molecular formula is C21H23NO6. The molecule has 0 bridgehead atoms. The van der Waals surface area contributed by atoms with Crippen LogP contribution < -0.4 is 0 Å². The van der Waals surface area contributed by atoms with Crippen molar-refractivity contribution in [3.05, 3.63) is 74.8 Å². The SMILES string of the molecule is CCCCCOC(=O)c1ccccc1C(=O)OCc1ccc(C)c([N+](=O)[O-])c1. The highest BCUT2D eigenvalue weighted by Crippen LogP contribution is 2.20. The van der Waals surface area contributed by atoms with Gasteiger partial charge in [-0.1, -0.05) is 44.0 Å². The minimum Gasteiger partial charge on any atom is -0.462 e. The summed E-state index contributed by atoms with van der Waals surface area (Å²) in [5, 5.41) is 11.0. The van der Waals surface area contributed by atoms with Crippen LogP contribution in [0.25, 0.3) is 0 Å². The average Bonchev–Trinajstić information content (AvgIpc) is 2.70. The topological polar surface area (TPSA) is 95.7 Å². The normalized spacial score (nSPS) is 10.4. The predicted octanol–water partition coefficient (Wildman–Crippen LogP) is 4.61. The highest BCUT2D eigenvalue weighted by atomic mass is 16.6. The Labute approximate surface area is 163 Å². The Balaban J connectivity index is 2.06. The van der Waals surface area contributed by atoms with E-state index in [9.17, 15) is 19.7 Å². The molecule has 2 aromatic carbocycles. The minimum absolute atomic E-state index is 0.0374. The lowest BCUT2D eigenvalue weighted by Gasteiger charge is -2.10. The van der Waals surface area contributed by atoms with Gasteiger partial charge in [0.2, 0.25) is 0 Å². The number of carbonyl (C=O) groups excluding carboxylic acids is 2. The molecule has 7 nitrogen and oxygen atoms in total. The zero-order valence-corrected chi connectivity index (χ0v) is 16.0. The van der Waals surface area contributed by atoms with Crippen molar-refractivity contribution in [3.63, 3.8) is 0 Å². The van der Waals surface area contributed by atoms with Gasteiger partial charge in [-0.2, -0.15) is 0 Å². The first kappa shape index (κ1) is 21.1. The van der Waals surface area contributed by atoms with E-state index in [1.54, 1.807) is 31.2 Å². The van der Waals surface area contributed by atoms with Crippen LogP contribution in [0, 0.1) is 17.0 Å². The average molecular weight is 385 g/mol. The standard InChI is InChI=1S/C21H23NO6/c1-3-4-7-12-27-20(23)17-8-5-6-9-18(17)21(24)28-14-16-11-10-15(2)19(13-16)22(25)26/h5-6,8-11,13H,3-4,7,12,14H2,1-2H3. The Hall–Kier alpha value is -3.22. The molecule has 0 unspecified atom stereocenters. The smallest absolute Gasteiger partial charge is 0.339 e. The molecule has 0 radical (unpaired) electrons. The molecule has 0 aliphatic rings. The van der Waals surface area contributed by atoms with Crippen LogP contribution in [0.5, 0.6) is 0 Å². The van der Waals surface area contributed by atoms with Crippen LogP contribution in [0.3, 0.4) is 0 Å². The third-order valence-corrected chi connectivity index (χ3v) is 4.19. The van der Waals surface area contributed by atoms with Gasteiger partial charge in [0, 0.05) is 11.6 Å². The highest BCUT2D eigenvalue weighted by Gasteiger charge is 2.19. The molecule has 148 valence electrons. The van der Waals surface area contributed by atoms with Crippen molar-refractivity contribution in [1.82, 2.24) is 0 Å². The fourth-order valence-corrected chi connectivity index (χ4v) is 2.60. The second kappa shape index (κ2) is 10.2. The van der Waals surface area contributed by atoms with Gasteiger partial charge in [0.25, 0.3) is 5.69 Å². The predicted molar refractivity (Wildman–Crippen MR) is 103 cm³/mol.